The number of nitrogens with zero attached hydrogens (tertiary/aromatic N) is 3. The highest BCUT2D eigenvalue weighted by molar-refractivity contribution is 5.91. The quantitative estimate of drug-likeness (QED) is 0.800. The molecular weight excluding hydrogens is 292 g/mol. The van der Waals surface area contributed by atoms with Crippen LogP contribution in [0.15, 0.2) is 59.5 Å². The highest BCUT2D eigenvalue weighted by atomic mass is 16.2. The predicted molar refractivity (Wildman–Crippen MR) is 85.8 cm³/mol. The smallest absolute Gasteiger partial charge is 0.246 e. The maximum atomic E-state index is 12.1. The van der Waals surface area contributed by atoms with Crippen molar-refractivity contribution < 1.29 is 4.79 Å². The Labute approximate surface area is 131 Å². The van der Waals surface area contributed by atoms with E-state index in [1.807, 2.05) is 6.07 Å². The minimum absolute atomic E-state index is 0.0131. The molecule has 0 atom stereocenters. The number of carbonyl (C=O) groups is 1. The second kappa shape index (κ2) is 6.12. The molecule has 0 aliphatic carbocycles. The van der Waals surface area contributed by atoms with Crippen molar-refractivity contribution in [2.75, 3.05) is 5.32 Å². The summed E-state index contributed by atoms with van der Waals surface area (Å²) in [5.74, 6) is -0.268. The minimum Gasteiger partial charge on any atom is -0.324 e. The van der Waals surface area contributed by atoms with E-state index in [2.05, 4.69) is 10.4 Å². The standard InChI is InChI=1S/C17H12N4O2/c18-9-12-5-7-13(8-6-12)20-17(23)11-21-15-4-2-1-3-14(15)16(22)10-19-21/h1-8,10H,11H2,(H,20,23). The zero-order valence-corrected chi connectivity index (χ0v) is 12.1. The van der Waals surface area contributed by atoms with E-state index in [4.69, 9.17) is 5.26 Å². The van der Waals surface area contributed by atoms with Gasteiger partial charge in [-0.2, -0.15) is 10.4 Å². The molecule has 0 aliphatic heterocycles. The van der Waals surface area contributed by atoms with Crippen molar-refractivity contribution >= 4 is 22.5 Å². The molecule has 3 aromatic rings. The van der Waals surface area contributed by atoms with Crippen LogP contribution in [-0.4, -0.2) is 15.7 Å². The Morgan fingerprint density at radius 2 is 1.91 bits per heavy atom. The van der Waals surface area contributed by atoms with Gasteiger partial charge in [-0.05, 0) is 36.4 Å². The summed E-state index contributed by atoms with van der Waals surface area (Å²) in [5, 5.41) is 16.0. The lowest BCUT2D eigenvalue weighted by molar-refractivity contribution is -0.116. The average molecular weight is 304 g/mol. The van der Waals surface area contributed by atoms with Crippen LogP contribution < -0.4 is 10.7 Å². The van der Waals surface area contributed by atoms with Crippen molar-refractivity contribution in [1.29, 1.82) is 5.26 Å². The Morgan fingerprint density at radius 1 is 1.17 bits per heavy atom. The first-order chi connectivity index (χ1) is 11.2. The molecule has 0 aliphatic rings. The number of nitriles is 1. The van der Waals surface area contributed by atoms with E-state index in [0.29, 0.717) is 22.2 Å². The third-order valence-corrected chi connectivity index (χ3v) is 3.35. The number of hydrogen-bond acceptors (Lipinski definition) is 4. The molecule has 1 N–H and O–H groups in total. The van der Waals surface area contributed by atoms with Gasteiger partial charge >= 0.3 is 0 Å². The molecule has 0 fully saturated rings. The second-order valence-electron chi connectivity index (χ2n) is 4.92. The summed E-state index contributed by atoms with van der Waals surface area (Å²) in [6.07, 6.45) is 1.21. The zero-order chi connectivity index (χ0) is 16.2. The molecular formula is C17H12N4O2. The molecule has 0 unspecified atom stereocenters. The number of fused-ring (bicyclic) bond motifs is 1. The van der Waals surface area contributed by atoms with Gasteiger partial charge in [0, 0.05) is 11.1 Å². The van der Waals surface area contributed by atoms with E-state index in [-0.39, 0.29) is 17.9 Å². The molecule has 0 saturated heterocycles. The molecule has 0 bridgehead atoms. The summed E-state index contributed by atoms with van der Waals surface area (Å²) >= 11 is 0. The fourth-order valence-electron chi connectivity index (χ4n) is 2.25. The number of rotatable bonds is 3. The maximum absolute atomic E-state index is 12.1. The summed E-state index contributed by atoms with van der Waals surface area (Å²) in [5.41, 5.74) is 1.55. The fraction of sp³-hybridized carbons (Fsp3) is 0.0588. The largest absolute Gasteiger partial charge is 0.324 e. The van der Waals surface area contributed by atoms with E-state index < -0.39 is 0 Å². The number of nitrogens with one attached hydrogen (secondary N) is 1. The van der Waals surface area contributed by atoms with Gasteiger partial charge in [0.15, 0.2) is 0 Å². The van der Waals surface area contributed by atoms with Crippen LogP contribution in [-0.2, 0) is 11.3 Å². The van der Waals surface area contributed by atoms with Crippen LogP contribution in [0.1, 0.15) is 5.56 Å². The molecule has 1 heterocycles. The van der Waals surface area contributed by atoms with Crippen molar-refractivity contribution in [2.45, 2.75) is 6.54 Å². The number of carbonyl (C=O) groups excluding carboxylic acids is 1. The van der Waals surface area contributed by atoms with Crippen molar-refractivity contribution in [3.63, 3.8) is 0 Å². The highest BCUT2D eigenvalue weighted by Crippen LogP contribution is 2.10. The summed E-state index contributed by atoms with van der Waals surface area (Å²) < 4.78 is 1.48. The molecule has 6 heteroatoms. The molecule has 1 amide bonds. The first kappa shape index (κ1) is 14.5. The van der Waals surface area contributed by atoms with Crippen molar-refractivity contribution in [3.8, 4) is 6.07 Å². The van der Waals surface area contributed by atoms with Gasteiger partial charge < -0.3 is 5.32 Å². The number of hydrogen-bond donors (Lipinski definition) is 1. The number of amides is 1. The van der Waals surface area contributed by atoms with Crippen molar-refractivity contribution in [2.24, 2.45) is 0 Å². The van der Waals surface area contributed by atoms with Crippen LogP contribution >= 0.6 is 0 Å². The van der Waals surface area contributed by atoms with E-state index in [9.17, 15) is 9.59 Å². The number of benzene rings is 2. The molecule has 0 spiro atoms. The zero-order valence-electron chi connectivity index (χ0n) is 12.1. The average Bonchev–Trinajstić information content (AvgIpc) is 2.58. The van der Waals surface area contributed by atoms with Gasteiger partial charge in [-0.15, -0.1) is 0 Å². The van der Waals surface area contributed by atoms with E-state index in [0.717, 1.165) is 0 Å². The second-order valence-corrected chi connectivity index (χ2v) is 4.92. The molecule has 2 aromatic carbocycles. The maximum Gasteiger partial charge on any atom is 0.246 e. The Morgan fingerprint density at radius 3 is 2.65 bits per heavy atom. The predicted octanol–water partition coefficient (Wildman–Crippen LogP) is 1.91. The lowest BCUT2D eigenvalue weighted by Gasteiger charge is -2.09. The first-order valence-electron chi connectivity index (χ1n) is 6.92. The third-order valence-electron chi connectivity index (χ3n) is 3.35. The SMILES string of the molecule is N#Cc1ccc(NC(=O)Cn2ncc(=O)c3ccccc32)cc1. The Hall–Kier alpha value is -3.46. The van der Waals surface area contributed by atoms with Crippen LogP contribution in [0.3, 0.4) is 0 Å². The molecule has 1 aromatic heterocycles. The first-order valence-corrected chi connectivity index (χ1v) is 6.92. The fourth-order valence-corrected chi connectivity index (χ4v) is 2.25. The normalized spacial score (nSPS) is 10.2. The Kier molecular flexibility index (Phi) is 3.85. The van der Waals surface area contributed by atoms with Crippen molar-refractivity contribution in [3.05, 3.63) is 70.5 Å². The van der Waals surface area contributed by atoms with Gasteiger partial charge in [0.05, 0.1) is 23.3 Å². The van der Waals surface area contributed by atoms with Crippen LogP contribution in [0.2, 0.25) is 0 Å². The monoisotopic (exact) mass is 304 g/mol. The number of aromatic nitrogens is 2. The van der Waals surface area contributed by atoms with E-state index in [1.54, 1.807) is 48.5 Å². The van der Waals surface area contributed by atoms with Crippen LogP contribution in [0.4, 0.5) is 5.69 Å². The van der Waals surface area contributed by atoms with Gasteiger partial charge in [-0.25, -0.2) is 0 Å². The number of para-hydroxylation sites is 1. The topological polar surface area (TPSA) is 87.8 Å². The third kappa shape index (κ3) is 3.09. The van der Waals surface area contributed by atoms with Gasteiger partial charge in [0.2, 0.25) is 11.3 Å². The Bertz CT molecular complexity index is 968. The van der Waals surface area contributed by atoms with Crippen molar-refractivity contribution in [1.82, 2.24) is 9.78 Å². The summed E-state index contributed by atoms with van der Waals surface area (Å²) in [7, 11) is 0. The van der Waals surface area contributed by atoms with Crippen LogP contribution in [0.5, 0.6) is 0 Å². The van der Waals surface area contributed by atoms with Crippen LogP contribution in [0, 0.1) is 11.3 Å². The van der Waals surface area contributed by atoms with Gasteiger partial charge in [-0.1, -0.05) is 12.1 Å². The Balaban J connectivity index is 1.82. The lowest BCUT2D eigenvalue weighted by atomic mass is 10.2. The molecule has 112 valence electrons. The summed E-state index contributed by atoms with van der Waals surface area (Å²) in [6, 6.07) is 15.6. The van der Waals surface area contributed by atoms with Crippen LogP contribution in [0.25, 0.3) is 10.9 Å². The summed E-state index contributed by atoms with van der Waals surface area (Å²) in [6.45, 7) is -0.0131. The lowest BCUT2D eigenvalue weighted by Crippen LogP contribution is -2.22. The molecule has 6 nitrogen and oxygen atoms in total. The molecule has 0 saturated carbocycles. The molecule has 0 radical (unpaired) electrons. The highest BCUT2D eigenvalue weighted by Gasteiger charge is 2.08. The van der Waals surface area contributed by atoms with Gasteiger partial charge in [0.1, 0.15) is 6.54 Å². The summed E-state index contributed by atoms with van der Waals surface area (Å²) in [4.78, 5) is 23.9. The van der Waals surface area contributed by atoms with E-state index >= 15 is 0 Å². The molecule has 23 heavy (non-hydrogen) atoms. The minimum atomic E-state index is -0.268. The van der Waals surface area contributed by atoms with Gasteiger partial charge in [0.25, 0.3) is 0 Å². The number of anilines is 1. The molecule has 3 rings (SSSR count). The van der Waals surface area contributed by atoms with Gasteiger partial charge in [-0.3, -0.25) is 14.3 Å². The van der Waals surface area contributed by atoms with E-state index in [1.165, 1.54) is 10.9 Å².